The minimum Gasteiger partial charge on any atom is -0.399 e. The summed E-state index contributed by atoms with van der Waals surface area (Å²) in [6, 6.07) is 24.0. The Kier molecular flexibility index (Phi) is 4.52. The topological polar surface area (TPSA) is 68.2 Å². The number of hydrazone groups is 1. The van der Waals surface area contributed by atoms with Gasteiger partial charge in [0.05, 0.1) is 23.1 Å². The normalized spacial score (nSPS) is 15.6. The van der Waals surface area contributed by atoms with Gasteiger partial charge in [0, 0.05) is 29.4 Å². The number of nitrogens with one attached hydrogen (secondary N) is 1. The maximum Gasteiger partial charge on any atom is 0.123 e. The van der Waals surface area contributed by atoms with Crippen LogP contribution < -0.4 is 11.2 Å². The first-order valence-corrected chi connectivity index (χ1v) is 9.76. The summed E-state index contributed by atoms with van der Waals surface area (Å²) in [6.07, 6.45) is 2.74. The second-order valence-corrected chi connectivity index (χ2v) is 7.29. The van der Waals surface area contributed by atoms with Crippen molar-refractivity contribution in [1.29, 1.82) is 0 Å². The SMILES string of the molecule is Nc1ccc(C2=NN[C@@H](c3cn(-c4ccccc4)nc3-c3ccc(F)cc3)C2)cc1. The molecule has 3 N–H and O–H groups in total. The highest BCUT2D eigenvalue weighted by Crippen LogP contribution is 2.33. The highest BCUT2D eigenvalue weighted by Gasteiger charge is 2.26. The van der Waals surface area contributed by atoms with Crippen molar-refractivity contribution in [1.82, 2.24) is 15.2 Å². The zero-order chi connectivity index (χ0) is 20.5. The molecule has 30 heavy (non-hydrogen) atoms. The third-order valence-electron chi connectivity index (χ3n) is 5.25. The summed E-state index contributed by atoms with van der Waals surface area (Å²) < 4.78 is 15.3. The summed E-state index contributed by atoms with van der Waals surface area (Å²) in [7, 11) is 0. The number of halogens is 1. The summed E-state index contributed by atoms with van der Waals surface area (Å²) in [5.74, 6) is -0.268. The van der Waals surface area contributed by atoms with E-state index in [0.29, 0.717) is 0 Å². The third-order valence-corrected chi connectivity index (χ3v) is 5.25. The maximum atomic E-state index is 13.5. The molecule has 0 saturated carbocycles. The predicted molar refractivity (Wildman–Crippen MR) is 117 cm³/mol. The van der Waals surface area contributed by atoms with Gasteiger partial charge in [-0.05, 0) is 54.1 Å². The van der Waals surface area contributed by atoms with E-state index in [-0.39, 0.29) is 11.9 Å². The van der Waals surface area contributed by atoms with Gasteiger partial charge in [0.25, 0.3) is 0 Å². The van der Waals surface area contributed by atoms with Crippen LogP contribution in [0, 0.1) is 5.82 Å². The summed E-state index contributed by atoms with van der Waals surface area (Å²) in [4.78, 5) is 0. The molecule has 0 bridgehead atoms. The molecule has 1 aliphatic heterocycles. The molecule has 1 aliphatic rings. The molecule has 148 valence electrons. The van der Waals surface area contributed by atoms with E-state index in [9.17, 15) is 4.39 Å². The van der Waals surface area contributed by atoms with Crippen molar-refractivity contribution in [2.45, 2.75) is 12.5 Å². The molecule has 2 heterocycles. The molecule has 1 aromatic heterocycles. The van der Waals surface area contributed by atoms with E-state index in [1.165, 1.54) is 12.1 Å². The zero-order valence-electron chi connectivity index (χ0n) is 16.2. The Morgan fingerprint density at radius 1 is 0.900 bits per heavy atom. The van der Waals surface area contributed by atoms with E-state index in [2.05, 4.69) is 10.5 Å². The number of rotatable bonds is 4. The Labute approximate surface area is 173 Å². The molecule has 0 radical (unpaired) electrons. The molecule has 0 unspecified atom stereocenters. The van der Waals surface area contributed by atoms with Gasteiger partial charge in [0.2, 0.25) is 0 Å². The molecule has 0 amide bonds. The second-order valence-electron chi connectivity index (χ2n) is 7.29. The van der Waals surface area contributed by atoms with Gasteiger partial charge in [-0.3, -0.25) is 0 Å². The number of aromatic nitrogens is 2. The van der Waals surface area contributed by atoms with E-state index in [0.717, 1.165) is 45.9 Å². The van der Waals surface area contributed by atoms with Gasteiger partial charge < -0.3 is 11.2 Å². The molecular formula is C24H20FN5. The van der Waals surface area contributed by atoms with E-state index >= 15 is 0 Å². The maximum absolute atomic E-state index is 13.5. The van der Waals surface area contributed by atoms with Crippen LogP contribution in [0.4, 0.5) is 10.1 Å². The Bertz CT molecular complexity index is 1190. The van der Waals surface area contributed by atoms with Crippen LogP contribution in [-0.2, 0) is 0 Å². The predicted octanol–water partition coefficient (Wildman–Crippen LogP) is 4.70. The second kappa shape index (κ2) is 7.48. The van der Waals surface area contributed by atoms with E-state index < -0.39 is 0 Å². The van der Waals surface area contributed by atoms with Crippen LogP contribution in [-0.4, -0.2) is 15.5 Å². The van der Waals surface area contributed by atoms with Gasteiger partial charge in [0.1, 0.15) is 5.82 Å². The molecule has 4 aromatic rings. The average molecular weight is 397 g/mol. The number of benzene rings is 3. The third kappa shape index (κ3) is 3.43. The Hall–Kier alpha value is -3.93. The lowest BCUT2D eigenvalue weighted by molar-refractivity contribution is 0.620. The van der Waals surface area contributed by atoms with Gasteiger partial charge in [-0.1, -0.05) is 30.3 Å². The fourth-order valence-electron chi connectivity index (χ4n) is 3.67. The largest absolute Gasteiger partial charge is 0.399 e. The monoisotopic (exact) mass is 397 g/mol. The number of anilines is 1. The minimum absolute atomic E-state index is 0.0323. The van der Waals surface area contributed by atoms with Crippen molar-refractivity contribution in [3.63, 3.8) is 0 Å². The summed E-state index contributed by atoms with van der Waals surface area (Å²) in [5.41, 5.74) is 15.4. The van der Waals surface area contributed by atoms with Crippen molar-refractivity contribution < 1.29 is 4.39 Å². The minimum atomic E-state index is -0.268. The molecule has 5 rings (SSSR count). The van der Waals surface area contributed by atoms with Crippen LogP contribution in [0.5, 0.6) is 0 Å². The fourth-order valence-corrected chi connectivity index (χ4v) is 3.67. The van der Waals surface area contributed by atoms with E-state index in [1.54, 1.807) is 12.1 Å². The van der Waals surface area contributed by atoms with Crippen molar-refractivity contribution in [2.75, 3.05) is 5.73 Å². The molecular weight excluding hydrogens is 377 g/mol. The van der Waals surface area contributed by atoms with E-state index in [1.807, 2.05) is 65.5 Å². The molecule has 5 nitrogen and oxygen atoms in total. The lowest BCUT2D eigenvalue weighted by Crippen LogP contribution is -2.10. The number of nitrogens with zero attached hydrogens (tertiary/aromatic N) is 3. The number of para-hydroxylation sites is 1. The van der Waals surface area contributed by atoms with Crippen LogP contribution in [0.3, 0.4) is 0 Å². The summed E-state index contributed by atoms with van der Waals surface area (Å²) in [6.45, 7) is 0. The van der Waals surface area contributed by atoms with Crippen LogP contribution in [0.1, 0.15) is 23.6 Å². The summed E-state index contributed by atoms with van der Waals surface area (Å²) in [5, 5.41) is 9.37. The molecule has 0 fully saturated rings. The Morgan fingerprint density at radius 2 is 1.60 bits per heavy atom. The Balaban J connectivity index is 1.51. The summed E-state index contributed by atoms with van der Waals surface area (Å²) >= 11 is 0. The van der Waals surface area contributed by atoms with E-state index in [4.69, 9.17) is 10.8 Å². The molecule has 0 aliphatic carbocycles. The van der Waals surface area contributed by atoms with Gasteiger partial charge >= 0.3 is 0 Å². The fraction of sp³-hybridized carbons (Fsp3) is 0.0833. The molecule has 0 spiro atoms. The van der Waals surface area contributed by atoms with Crippen LogP contribution in [0.15, 0.2) is 90.2 Å². The van der Waals surface area contributed by atoms with Crippen LogP contribution >= 0.6 is 0 Å². The van der Waals surface area contributed by atoms with Gasteiger partial charge in [-0.25, -0.2) is 9.07 Å². The van der Waals surface area contributed by atoms with Gasteiger partial charge in [-0.15, -0.1) is 0 Å². The van der Waals surface area contributed by atoms with Crippen LogP contribution in [0.2, 0.25) is 0 Å². The lowest BCUT2D eigenvalue weighted by Gasteiger charge is -2.10. The number of nitrogen functional groups attached to an aromatic ring is 1. The number of nitrogens with two attached hydrogens (primary N) is 1. The smallest absolute Gasteiger partial charge is 0.123 e. The standard InChI is InChI=1S/C24H20FN5/c25-18-10-6-17(7-11-18)24-21(15-30(29-24)20-4-2-1-3-5-20)23-14-22(27-28-23)16-8-12-19(26)13-9-16/h1-13,15,23,28H,14,26H2/t23-/m1/s1. The lowest BCUT2D eigenvalue weighted by atomic mass is 9.97. The van der Waals surface area contributed by atoms with Crippen molar-refractivity contribution >= 4 is 11.4 Å². The molecule has 1 atom stereocenters. The Morgan fingerprint density at radius 3 is 2.33 bits per heavy atom. The van der Waals surface area contributed by atoms with Gasteiger partial charge in [-0.2, -0.15) is 10.2 Å². The quantitative estimate of drug-likeness (QED) is 0.491. The first-order valence-electron chi connectivity index (χ1n) is 9.76. The highest BCUT2D eigenvalue weighted by molar-refractivity contribution is 6.02. The average Bonchev–Trinajstić information content (AvgIpc) is 3.43. The molecule has 0 saturated heterocycles. The van der Waals surface area contributed by atoms with Gasteiger partial charge in [0.15, 0.2) is 0 Å². The van der Waals surface area contributed by atoms with Crippen LogP contribution in [0.25, 0.3) is 16.9 Å². The van der Waals surface area contributed by atoms with Crippen molar-refractivity contribution in [3.8, 4) is 16.9 Å². The van der Waals surface area contributed by atoms with Crippen molar-refractivity contribution in [3.05, 3.63) is 102 Å². The van der Waals surface area contributed by atoms with Crippen molar-refractivity contribution in [2.24, 2.45) is 5.10 Å². The highest BCUT2D eigenvalue weighted by atomic mass is 19.1. The molecule has 6 heteroatoms. The first-order chi connectivity index (χ1) is 14.7. The number of hydrogen-bond acceptors (Lipinski definition) is 4. The zero-order valence-corrected chi connectivity index (χ0v) is 16.2. The first kappa shape index (κ1) is 18.1. The number of hydrogen-bond donors (Lipinski definition) is 2. The molecule has 3 aromatic carbocycles.